The van der Waals surface area contributed by atoms with E-state index in [4.69, 9.17) is 9.15 Å². The van der Waals surface area contributed by atoms with Crippen molar-refractivity contribution >= 4 is 16.9 Å². The van der Waals surface area contributed by atoms with Crippen LogP contribution in [0.1, 0.15) is 45.3 Å². The third kappa shape index (κ3) is 3.61. The Hall–Kier alpha value is -3.03. The highest BCUT2D eigenvalue weighted by Gasteiger charge is 2.42. The molecular weight excluding hydrogens is 406 g/mol. The summed E-state index contributed by atoms with van der Waals surface area (Å²) in [4.78, 5) is 35.4. The van der Waals surface area contributed by atoms with Crippen LogP contribution in [0.5, 0.6) is 0 Å². The third-order valence-electron chi connectivity index (χ3n) is 6.56. The van der Waals surface area contributed by atoms with Gasteiger partial charge < -0.3 is 14.1 Å². The van der Waals surface area contributed by atoms with Crippen LogP contribution in [0, 0.1) is 13.8 Å². The number of ether oxygens (including phenoxy) is 1. The maximum absolute atomic E-state index is 13.6. The molecule has 1 unspecified atom stereocenters. The molecule has 0 N–H and O–H groups in total. The lowest BCUT2D eigenvalue weighted by molar-refractivity contribution is 0.0353. The van der Waals surface area contributed by atoms with Gasteiger partial charge in [-0.05, 0) is 55.2 Å². The molecule has 5 rings (SSSR count). The number of aromatic nitrogens is 1. The van der Waals surface area contributed by atoms with Crippen LogP contribution in [0.4, 0.5) is 0 Å². The summed E-state index contributed by atoms with van der Waals surface area (Å²) in [5.41, 5.74) is 3.62. The zero-order chi connectivity index (χ0) is 22.2. The maximum Gasteiger partial charge on any atom is 0.290 e. The number of fused-ring (bicyclic) bond motifs is 2. The number of hydrogen-bond donors (Lipinski definition) is 0. The molecule has 2 aliphatic rings. The minimum atomic E-state index is -0.488. The molecule has 1 fully saturated rings. The smallest absolute Gasteiger partial charge is 0.290 e. The maximum atomic E-state index is 13.6. The highest BCUT2D eigenvalue weighted by atomic mass is 16.5. The number of amides is 1. The van der Waals surface area contributed by atoms with Gasteiger partial charge in [0.15, 0.2) is 5.43 Å². The van der Waals surface area contributed by atoms with E-state index in [0.29, 0.717) is 23.1 Å². The molecule has 7 nitrogen and oxygen atoms in total. The van der Waals surface area contributed by atoms with Crippen LogP contribution >= 0.6 is 0 Å². The van der Waals surface area contributed by atoms with E-state index in [1.807, 2.05) is 38.1 Å². The van der Waals surface area contributed by atoms with Gasteiger partial charge >= 0.3 is 0 Å². The van der Waals surface area contributed by atoms with Gasteiger partial charge in [-0.3, -0.25) is 19.5 Å². The quantitative estimate of drug-likeness (QED) is 0.616. The summed E-state index contributed by atoms with van der Waals surface area (Å²) in [6, 6.07) is 6.97. The average molecular weight is 434 g/mol. The van der Waals surface area contributed by atoms with Crippen LogP contribution < -0.4 is 5.43 Å². The SMILES string of the molecule is Cc1cc2oc3c(c(=O)c2cc1C)C(c1cccnc1)N(CCCN1CCOCC1)C3=O. The number of pyridine rings is 1. The summed E-state index contributed by atoms with van der Waals surface area (Å²) in [5.74, 6) is -0.0703. The van der Waals surface area contributed by atoms with E-state index in [2.05, 4.69) is 9.88 Å². The highest BCUT2D eigenvalue weighted by molar-refractivity contribution is 5.99. The predicted molar refractivity (Wildman–Crippen MR) is 121 cm³/mol. The van der Waals surface area contributed by atoms with E-state index in [1.54, 1.807) is 17.3 Å². The molecular formula is C25H27N3O4. The first kappa shape index (κ1) is 20.8. The first-order valence-electron chi connectivity index (χ1n) is 11.1. The average Bonchev–Trinajstić information content (AvgIpc) is 3.09. The molecule has 3 aromatic rings. The van der Waals surface area contributed by atoms with Crippen molar-refractivity contribution in [3.8, 4) is 0 Å². The first-order chi connectivity index (χ1) is 15.5. The van der Waals surface area contributed by atoms with Crippen LogP contribution in [0.2, 0.25) is 0 Å². The van der Waals surface area contributed by atoms with E-state index >= 15 is 0 Å². The number of hydrogen-bond acceptors (Lipinski definition) is 6. The van der Waals surface area contributed by atoms with Crippen molar-refractivity contribution in [2.45, 2.75) is 26.3 Å². The van der Waals surface area contributed by atoms with Crippen LogP contribution in [0.15, 0.2) is 45.9 Å². The number of carbonyl (C=O) groups is 1. The number of carbonyl (C=O) groups excluding carboxylic acids is 1. The molecule has 0 bridgehead atoms. The van der Waals surface area contributed by atoms with E-state index in [1.165, 1.54) is 0 Å². The Labute approximate surface area is 186 Å². The summed E-state index contributed by atoms with van der Waals surface area (Å²) in [6.45, 7) is 8.67. The second-order valence-electron chi connectivity index (χ2n) is 8.60. The molecule has 7 heteroatoms. The monoisotopic (exact) mass is 433 g/mol. The Bertz CT molecular complexity index is 1220. The van der Waals surface area contributed by atoms with E-state index < -0.39 is 6.04 Å². The summed E-state index contributed by atoms with van der Waals surface area (Å²) in [6.07, 6.45) is 4.23. The molecule has 32 heavy (non-hydrogen) atoms. The lowest BCUT2D eigenvalue weighted by Crippen LogP contribution is -2.38. The molecule has 0 radical (unpaired) electrons. The van der Waals surface area contributed by atoms with E-state index in [-0.39, 0.29) is 17.1 Å². The van der Waals surface area contributed by atoms with Crippen molar-refractivity contribution in [1.82, 2.24) is 14.8 Å². The minimum absolute atomic E-state index is 0.137. The minimum Gasteiger partial charge on any atom is -0.450 e. The molecule has 1 amide bonds. The largest absolute Gasteiger partial charge is 0.450 e. The molecule has 0 aliphatic carbocycles. The van der Waals surface area contributed by atoms with Crippen LogP contribution in [0.3, 0.4) is 0 Å². The van der Waals surface area contributed by atoms with Gasteiger partial charge in [0.2, 0.25) is 5.76 Å². The Morgan fingerprint density at radius 2 is 1.88 bits per heavy atom. The van der Waals surface area contributed by atoms with Gasteiger partial charge in [0, 0.05) is 38.6 Å². The van der Waals surface area contributed by atoms with Gasteiger partial charge in [-0.15, -0.1) is 0 Å². The lowest BCUT2D eigenvalue weighted by atomic mass is 9.98. The van der Waals surface area contributed by atoms with Crippen molar-refractivity contribution < 1.29 is 13.9 Å². The van der Waals surface area contributed by atoms with Gasteiger partial charge in [-0.2, -0.15) is 0 Å². The molecule has 4 heterocycles. The Morgan fingerprint density at radius 1 is 1.09 bits per heavy atom. The number of aryl methyl sites for hydroxylation is 2. The van der Waals surface area contributed by atoms with Crippen molar-refractivity contribution in [1.29, 1.82) is 0 Å². The van der Waals surface area contributed by atoms with Crippen molar-refractivity contribution in [3.63, 3.8) is 0 Å². The fourth-order valence-electron chi connectivity index (χ4n) is 4.68. The van der Waals surface area contributed by atoms with Gasteiger partial charge in [-0.25, -0.2) is 0 Å². The van der Waals surface area contributed by atoms with Gasteiger partial charge in [0.05, 0.1) is 30.2 Å². The van der Waals surface area contributed by atoms with E-state index in [9.17, 15) is 9.59 Å². The van der Waals surface area contributed by atoms with Gasteiger partial charge in [0.25, 0.3) is 5.91 Å². The lowest BCUT2D eigenvalue weighted by Gasteiger charge is -2.29. The number of rotatable bonds is 5. The van der Waals surface area contributed by atoms with Crippen LogP contribution in [-0.2, 0) is 4.74 Å². The zero-order valence-corrected chi connectivity index (χ0v) is 18.5. The second kappa shape index (κ2) is 8.48. The first-order valence-corrected chi connectivity index (χ1v) is 11.1. The summed E-state index contributed by atoms with van der Waals surface area (Å²) < 4.78 is 11.5. The van der Waals surface area contributed by atoms with Crippen LogP contribution in [0.25, 0.3) is 11.0 Å². The van der Waals surface area contributed by atoms with Gasteiger partial charge in [-0.1, -0.05) is 6.07 Å². The molecule has 1 aromatic carbocycles. The number of nitrogens with zero attached hydrogens (tertiary/aromatic N) is 3. The van der Waals surface area contributed by atoms with Gasteiger partial charge in [0.1, 0.15) is 5.58 Å². The molecule has 0 saturated carbocycles. The fraction of sp³-hybridized carbons (Fsp3) is 0.400. The third-order valence-corrected chi connectivity index (χ3v) is 6.56. The standard InChI is InChI=1S/C25H27N3O4/c1-16-13-19-20(14-17(16)2)32-24-21(23(19)29)22(18-5-3-6-26-15-18)28(25(24)30)8-4-7-27-9-11-31-12-10-27/h3,5-6,13-15,22H,4,7-12H2,1-2H3. The molecule has 2 aliphatic heterocycles. The highest BCUT2D eigenvalue weighted by Crippen LogP contribution is 2.38. The van der Waals surface area contributed by atoms with Crippen molar-refractivity contribution in [3.05, 3.63) is 74.9 Å². The Balaban J connectivity index is 1.54. The molecule has 1 atom stereocenters. The normalized spacial score (nSPS) is 19.0. The number of benzene rings is 1. The molecule has 2 aromatic heterocycles. The zero-order valence-electron chi connectivity index (χ0n) is 18.5. The topological polar surface area (TPSA) is 75.9 Å². The van der Waals surface area contributed by atoms with E-state index in [0.717, 1.165) is 56.0 Å². The second-order valence-corrected chi connectivity index (χ2v) is 8.60. The van der Waals surface area contributed by atoms with Crippen LogP contribution in [-0.4, -0.2) is 60.1 Å². The summed E-state index contributed by atoms with van der Waals surface area (Å²) in [5, 5.41) is 0.517. The van der Waals surface area contributed by atoms with Crippen molar-refractivity contribution in [2.75, 3.05) is 39.4 Å². The van der Waals surface area contributed by atoms with Crippen molar-refractivity contribution in [2.24, 2.45) is 0 Å². The fourth-order valence-corrected chi connectivity index (χ4v) is 4.68. The molecule has 1 saturated heterocycles. The molecule has 166 valence electrons. The Kier molecular flexibility index (Phi) is 5.53. The summed E-state index contributed by atoms with van der Waals surface area (Å²) >= 11 is 0. The molecule has 0 spiro atoms. The number of morpholine rings is 1. The summed E-state index contributed by atoms with van der Waals surface area (Å²) in [7, 11) is 0. The predicted octanol–water partition coefficient (Wildman–Crippen LogP) is 3.07. The Morgan fingerprint density at radius 3 is 2.62 bits per heavy atom.